The Hall–Kier alpha value is -3.05. The van der Waals surface area contributed by atoms with E-state index in [0.29, 0.717) is 43.4 Å². The number of nitriles is 1. The lowest BCUT2D eigenvalue weighted by atomic mass is 10.1. The number of rotatable bonds is 7. The number of hydrogen-bond donors (Lipinski definition) is 0. The first-order chi connectivity index (χ1) is 13.1. The topological polar surface area (TPSA) is 98.1 Å². The Bertz CT molecular complexity index is 747. The summed E-state index contributed by atoms with van der Waals surface area (Å²) in [5.41, 5.74) is 0.457. The summed E-state index contributed by atoms with van der Waals surface area (Å²) in [6, 6.07) is 6.72. The van der Waals surface area contributed by atoms with E-state index in [-0.39, 0.29) is 24.7 Å². The predicted octanol–water partition coefficient (Wildman–Crippen LogP) is 1.40. The molecular weight excluding hydrogens is 352 g/mol. The first kappa shape index (κ1) is 20.3. The highest BCUT2D eigenvalue weighted by Crippen LogP contribution is 2.29. The van der Waals surface area contributed by atoms with Crippen LogP contribution in [0.25, 0.3) is 6.08 Å². The second-order valence-corrected chi connectivity index (χ2v) is 5.58. The average Bonchev–Trinajstić information content (AvgIpc) is 2.71. The molecule has 0 saturated carbocycles. The van der Waals surface area contributed by atoms with E-state index in [1.54, 1.807) is 30.0 Å². The number of amides is 1. The summed E-state index contributed by atoms with van der Waals surface area (Å²) >= 11 is 0. The number of nitrogens with zero attached hydrogens (tertiary/aromatic N) is 2. The van der Waals surface area contributed by atoms with Crippen molar-refractivity contribution in [2.24, 2.45) is 0 Å². The summed E-state index contributed by atoms with van der Waals surface area (Å²) in [5.74, 6) is -0.0283. The van der Waals surface area contributed by atoms with Gasteiger partial charge >= 0.3 is 5.97 Å². The van der Waals surface area contributed by atoms with E-state index in [2.05, 4.69) is 0 Å². The number of carbonyl (C=O) groups excluding carboxylic acids is 2. The minimum atomic E-state index is -0.685. The summed E-state index contributed by atoms with van der Waals surface area (Å²) in [6.45, 7) is 3.89. The van der Waals surface area contributed by atoms with Crippen LogP contribution in [0.15, 0.2) is 23.8 Å². The average molecular weight is 374 g/mol. The number of esters is 1. The van der Waals surface area contributed by atoms with Crippen molar-refractivity contribution in [3.8, 4) is 17.6 Å². The van der Waals surface area contributed by atoms with Crippen molar-refractivity contribution in [3.05, 3.63) is 29.3 Å². The molecule has 1 aromatic carbocycles. The number of benzene rings is 1. The third-order valence-electron chi connectivity index (χ3n) is 3.83. The summed E-state index contributed by atoms with van der Waals surface area (Å²) in [7, 11) is 1.47. The number of methoxy groups -OCH3 is 1. The summed E-state index contributed by atoms with van der Waals surface area (Å²) in [6.07, 6.45) is 1.41. The zero-order chi connectivity index (χ0) is 19.6. The Morgan fingerprint density at radius 3 is 2.67 bits per heavy atom. The number of morpholine rings is 1. The van der Waals surface area contributed by atoms with E-state index in [4.69, 9.17) is 24.2 Å². The lowest BCUT2D eigenvalue weighted by molar-refractivity contribution is -0.138. The van der Waals surface area contributed by atoms with Crippen molar-refractivity contribution < 1.29 is 28.5 Å². The van der Waals surface area contributed by atoms with Gasteiger partial charge in [-0.25, -0.2) is 4.79 Å². The van der Waals surface area contributed by atoms with Crippen molar-refractivity contribution in [2.45, 2.75) is 6.92 Å². The molecule has 0 N–H and O–H groups in total. The van der Waals surface area contributed by atoms with Gasteiger partial charge in [0.1, 0.15) is 11.6 Å². The van der Waals surface area contributed by atoms with E-state index < -0.39 is 5.97 Å². The fraction of sp³-hybridized carbons (Fsp3) is 0.421. The van der Waals surface area contributed by atoms with Gasteiger partial charge in [-0.05, 0) is 30.7 Å². The van der Waals surface area contributed by atoms with Gasteiger partial charge in [0.15, 0.2) is 18.1 Å². The van der Waals surface area contributed by atoms with Gasteiger partial charge in [0, 0.05) is 13.1 Å². The van der Waals surface area contributed by atoms with Gasteiger partial charge in [-0.3, -0.25) is 4.79 Å². The lowest BCUT2D eigenvalue weighted by Gasteiger charge is -2.26. The molecule has 0 spiro atoms. The Labute approximate surface area is 157 Å². The smallest absolute Gasteiger partial charge is 0.348 e. The Balaban J connectivity index is 2.08. The summed E-state index contributed by atoms with van der Waals surface area (Å²) < 4.78 is 20.9. The molecule has 2 rings (SSSR count). The molecule has 27 heavy (non-hydrogen) atoms. The van der Waals surface area contributed by atoms with Crippen molar-refractivity contribution >= 4 is 18.0 Å². The molecule has 8 nitrogen and oxygen atoms in total. The monoisotopic (exact) mass is 374 g/mol. The van der Waals surface area contributed by atoms with Crippen LogP contribution in [-0.4, -0.2) is 63.4 Å². The van der Waals surface area contributed by atoms with Crippen LogP contribution < -0.4 is 9.47 Å². The molecule has 1 aliphatic heterocycles. The second-order valence-electron chi connectivity index (χ2n) is 5.58. The molecule has 0 aromatic heterocycles. The van der Waals surface area contributed by atoms with Gasteiger partial charge in [0.05, 0.1) is 26.9 Å². The molecule has 1 fully saturated rings. The normalized spacial score (nSPS) is 14.3. The number of ether oxygens (including phenoxy) is 4. The predicted molar refractivity (Wildman–Crippen MR) is 96.1 cm³/mol. The van der Waals surface area contributed by atoms with E-state index in [1.807, 2.05) is 6.07 Å². The zero-order valence-electron chi connectivity index (χ0n) is 15.4. The van der Waals surface area contributed by atoms with Crippen LogP contribution in [0, 0.1) is 11.3 Å². The molecule has 0 unspecified atom stereocenters. The molecule has 144 valence electrons. The number of hydrogen-bond acceptors (Lipinski definition) is 7. The third-order valence-corrected chi connectivity index (χ3v) is 3.83. The standard InChI is InChI=1S/C19H22N2O6/c1-3-26-19(23)15(12-20)10-14-4-5-16(17(11-14)24-2)27-13-18(22)21-6-8-25-9-7-21/h4-5,10-11H,3,6-9,13H2,1-2H3/b15-10-. The van der Waals surface area contributed by atoms with E-state index in [9.17, 15) is 9.59 Å². The van der Waals surface area contributed by atoms with Gasteiger partial charge in [-0.1, -0.05) is 6.07 Å². The van der Waals surface area contributed by atoms with Crippen molar-refractivity contribution in [1.29, 1.82) is 5.26 Å². The largest absolute Gasteiger partial charge is 0.493 e. The number of carbonyl (C=O) groups is 2. The quantitative estimate of drug-likeness (QED) is 0.404. The lowest BCUT2D eigenvalue weighted by Crippen LogP contribution is -2.43. The molecule has 0 bridgehead atoms. The van der Waals surface area contributed by atoms with Crippen molar-refractivity contribution in [2.75, 3.05) is 46.6 Å². The van der Waals surface area contributed by atoms with Gasteiger partial charge in [-0.2, -0.15) is 5.26 Å². The molecule has 1 aliphatic rings. The van der Waals surface area contributed by atoms with E-state index in [1.165, 1.54) is 13.2 Å². The van der Waals surface area contributed by atoms with E-state index in [0.717, 1.165) is 0 Å². The molecule has 0 radical (unpaired) electrons. The first-order valence-electron chi connectivity index (χ1n) is 8.54. The molecule has 1 amide bonds. The summed E-state index contributed by atoms with van der Waals surface area (Å²) in [5, 5.41) is 9.11. The van der Waals surface area contributed by atoms with E-state index >= 15 is 0 Å². The molecule has 0 aliphatic carbocycles. The van der Waals surface area contributed by atoms with Crippen molar-refractivity contribution in [3.63, 3.8) is 0 Å². The first-order valence-corrected chi connectivity index (χ1v) is 8.54. The van der Waals surface area contributed by atoms with Gasteiger partial charge < -0.3 is 23.8 Å². The summed E-state index contributed by atoms with van der Waals surface area (Å²) in [4.78, 5) is 25.6. The Morgan fingerprint density at radius 2 is 2.04 bits per heavy atom. The van der Waals surface area contributed by atoms with Crippen LogP contribution in [-0.2, 0) is 19.1 Å². The molecule has 0 atom stereocenters. The third kappa shape index (κ3) is 5.72. The maximum absolute atomic E-state index is 12.2. The van der Waals surface area contributed by atoms with Crippen LogP contribution in [0.4, 0.5) is 0 Å². The van der Waals surface area contributed by atoms with Gasteiger partial charge in [0.2, 0.25) is 0 Å². The second kappa shape index (κ2) is 10.2. The van der Waals surface area contributed by atoms with Crippen molar-refractivity contribution in [1.82, 2.24) is 4.90 Å². The van der Waals surface area contributed by atoms with Crippen LogP contribution in [0.2, 0.25) is 0 Å². The maximum Gasteiger partial charge on any atom is 0.348 e. The highest BCUT2D eigenvalue weighted by molar-refractivity contribution is 5.97. The minimum Gasteiger partial charge on any atom is -0.493 e. The highest BCUT2D eigenvalue weighted by Gasteiger charge is 2.18. The molecule has 1 saturated heterocycles. The van der Waals surface area contributed by atoms with Crippen LogP contribution in [0.5, 0.6) is 11.5 Å². The Morgan fingerprint density at radius 1 is 1.30 bits per heavy atom. The SMILES string of the molecule is CCOC(=O)/C(C#N)=C\c1ccc(OCC(=O)N2CCOCC2)c(OC)c1. The molecule has 1 aromatic rings. The fourth-order valence-electron chi connectivity index (χ4n) is 2.45. The molecular formula is C19H22N2O6. The van der Waals surface area contributed by atoms with Gasteiger partial charge in [-0.15, -0.1) is 0 Å². The molecule has 8 heteroatoms. The van der Waals surface area contributed by atoms with Gasteiger partial charge in [0.25, 0.3) is 5.91 Å². The highest BCUT2D eigenvalue weighted by atomic mass is 16.5. The minimum absolute atomic E-state index is 0.113. The van der Waals surface area contributed by atoms with Crippen LogP contribution in [0.3, 0.4) is 0 Å². The van der Waals surface area contributed by atoms with Crippen LogP contribution in [0.1, 0.15) is 12.5 Å². The fourth-order valence-corrected chi connectivity index (χ4v) is 2.45. The Kier molecular flexibility index (Phi) is 7.64. The zero-order valence-corrected chi connectivity index (χ0v) is 15.4. The van der Waals surface area contributed by atoms with Crippen LogP contribution >= 0.6 is 0 Å². The molecule has 1 heterocycles. The maximum atomic E-state index is 12.2.